The third-order valence-corrected chi connectivity index (χ3v) is 3.98. The monoisotopic (exact) mass is 256 g/mol. The first-order valence-electron chi connectivity index (χ1n) is 5.76. The van der Waals surface area contributed by atoms with Gasteiger partial charge in [-0.25, -0.2) is 0 Å². The van der Waals surface area contributed by atoms with Gasteiger partial charge < -0.3 is 5.73 Å². The number of amidine groups is 1. The average Bonchev–Trinajstić information content (AvgIpc) is 2.34. The lowest BCUT2D eigenvalue weighted by Gasteiger charge is -2.10. The highest BCUT2D eigenvalue weighted by molar-refractivity contribution is 7.99. The Morgan fingerprint density at radius 1 is 1.06 bits per heavy atom. The fourth-order valence-corrected chi connectivity index (χ4v) is 2.86. The molecule has 0 spiro atoms. The summed E-state index contributed by atoms with van der Waals surface area (Å²) < 4.78 is 0. The van der Waals surface area contributed by atoms with Crippen LogP contribution in [0.4, 0.5) is 0 Å². The van der Waals surface area contributed by atoms with Crippen LogP contribution in [0.3, 0.4) is 0 Å². The van der Waals surface area contributed by atoms with Crippen LogP contribution in [-0.2, 0) is 0 Å². The molecular formula is C15H16N2S. The average molecular weight is 256 g/mol. The molecule has 0 unspecified atom stereocenters. The third kappa shape index (κ3) is 2.74. The van der Waals surface area contributed by atoms with Crippen LogP contribution in [0.1, 0.15) is 16.7 Å². The van der Waals surface area contributed by atoms with E-state index >= 15 is 0 Å². The minimum Gasteiger partial charge on any atom is -0.384 e. The zero-order valence-electron chi connectivity index (χ0n) is 10.5. The molecule has 0 aliphatic carbocycles. The van der Waals surface area contributed by atoms with Gasteiger partial charge in [0.2, 0.25) is 0 Å². The predicted octanol–water partition coefficient (Wildman–Crippen LogP) is 3.74. The van der Waals surface area contributed by atoms with Crippen LogP contribution in [0, 0.1) is 19.3 Å². The van der Waals surface area contributed by atoms with E-state index < -0.39 is 0 Å². The van der Waals surface area contributed by atoms with Crippen molar-refractivity contribution in [2.75, 3.05) is 0 Å². The van der Waals surface area contributed by atoms with Gasteiger partial charge in [0.1, 0.15) is 5.84 Å². The Morgan fingerprint density at radius 3 is 2.50 bits per heavy atom. The van der Waals surface area contributed by atoms with Crippen molar-refractivity contribution in [3.05, 3.63) is 59.2 Å². The van der Waals surface area contributed by atoms with Gasteiger partial charge >= 0.3 is 0 Å². The molecule has 2 aromatic carbocycles. The highest BCUT2D eigenvalue weighted by Crippen LogP contribution is 2.32. The molecule has 0 radical (unpaired) electrons. The number of nitrogens with one attached hydrogen (secondary N) is 1. The number of aryl methyl sites for hydroxylation is 2. The number of hydrogen-bond donors (Lipinski definition) is 2. The summed E-state index contributed by atoms with van der Waals surface area (Å²) in [5, 5.41) is 7.60. The number of hydrogen-bond acceptors (Lipinski definition) is 2. The van der Waals surface area contributed by atoms with E-state index in [0.717, 1.165) is 10.5 Å². The van der Waals surface area contributed by atoms with E-state index in [0.29, 0.717) is 0 Å². The summed E-state index contributed by atoms with van der Waals surface area (Å²) in [6.45, 7) is 4.18. The zero-order chi connectivity index (χ0) is 13.1. The topological polar surface area (TPSA) is 49.9 Å². The largest absolute Gasteiger partial charge is 0.384 e. The number of rotatable bonds is 3. The smallest absolute Gasteiger partial charge is 0.123 e. The summed E-state index contributed by atoms with van der Waals surface area (Å²) in [4.78, 5) is 2.24. The van der Waals surface area contributed by atoms with Crippen LogP contribution < -0.4 is 5.73 Å². The van der Waals surface area contributed by atoms with E-state index in [4.69, 9.17) is 11.1 Å². The molecule has 0 aliphatic rings. The molecular weight excluding hydrogens is 240 g/mol. The van der Waals surface area contributed by atoms with Crippen molar-refractivity contribution >= 4 is 17.6 Å². The van der Waals surface area contributed by atoms with E-state index in [-0.39, 0.29) is 5.84 Å². The Hall–Kier alpha value is -1.74. The predicted molar refractivity (Wildman–Crippen MR) is 77.5 cm³/mol. The molecule has 2 nitrogen and oxygen atoms in total. The van der Waals surface area contributed by atoms with Gasteiger partial charge in [-0.15, -0.1) is 0 Å². The quantitative estimate of drug-likeness (QED) is 0.649. The third-order valence-electron chi connectivity index (χ3n) is 2.74. The molecule has 0 aliphatic heterocycles. The molecule has 2 rings (SSSR count). The van der Waals surface area contributed by atoms with Gasteiger partial charge in [0, 0.05) is 15.4 Å². The summed E-state index contributed by atoms with van der Waals surface area (Å²) in [5.74, 6) is 0.114. The molecule has 3 heteroatoms. The molecule has 92 valence electrons. The summed E-state index contributed by atoms with van der Waals surface area (Å²) in [7, 11) is 0. The van der Waals surface area contributed by atoms with Crippen LogP contribution in [0.2, 0.25) is 0 Å². The maximum absolute atomic E-state index is 7.60. The van der Waals surface area contributed by atoms with Crippen LogP contribution in [-0.4, -0.2) is 5.84 Å². The Balaban J connectivity index is 2.40. The van der Waals surface area contributed by atoms with Crippen molar-refractivity contribution in [2.24, 2.45) is 5.73 Å². The zero-order valence-corrected chi connectivity index (χ0v) is 11.3. The van der Waals surface area contributed by atoms with Gasteiger partial charge in [-0.1, -0.05) is 42.1 Å². The molecule has 2 aromatic rings. The molecule has 0 fully saturated rings. The summed E-state index contributed by atoms with van der Waals surface area (Å²) in [6.07, 6.45) is 0. The second-order valence-electron chi connectivity index (χ2n) is 4.28. The van der Waals surface area contributed by atoms with E-state index in [1.807, 2.05) is 24.3 Å². The van der Waals surface area contributed by atoms with Gasteiger partial charge in [-0.2, -0.15) is 0 Å². The Kier molecular flexibility index (Phi) is 3.72. The second-order valence-corrected chi connectivity index (χ2v) is 5.36. The molecule has 0 aromatic heterocycles. The standard InChI is InChI=1S/C15H16N2S/c1-10-7-8-11(2)14(9-10)18-13-6-4-3-5-12(13)15(16)17/h3-9H,1-2H3,(H3,16,17). The maximum Gasteiger partial charge on any atom is 0.123 e. The first kappa shape index (κ1) is 12.7. The van der Waals surface area contributed by atoms with Gasteiger partial charge in [0.05, 0.1) is 0 Å². The van der Waals surface area contributed by atoms with Crippen molar-refractivity contribution in [1.29, 1.82) is 5.41 Å². The van der Waals surface area contributed by atoms with Gasteiger partial charge in [-0.3, -0.25) is 5.41 Å². The lowest BCUT2D eigenvalue weighted by molar-refractivity contribution is 1.25. The van der Waals surface area contributed by atoms with E-state index in [9.17, 15) is 0 Å². The lowest BCUT2D eigenvalue weighted by atomic mass is 10.2. The summed E-state index contributed by atoms with van der Waals surface area (Å²) >= 11 is 1.66. The van der Waals surface area contributed by atoms with Crippen molar-refractivity contribution in [3.63, 3.8) is 0 Å². The maximum atomic E-state index is 7.60. The van der Waals surface area contributed by atoms with E-state index in [1.54, 1.807) is 11.8 Å². The van der Waals surface area contributed by atoms with Crippen molar-refractivity contribution in [2.45, 2.75) is 23.6 Å². The van der Waals surface area contributed by atoms with Gasteiger partial charge in [-0.05, 0) is 37.1 Å². The number of benzene rings is 2. The minimum atomic E-state index is 0.114. The summed E-state index contributed by atoms with van der Waals surface area (Å²) in [5.41, 5.74) is 8.88. The molecule has 0 bridgehead atoms. The summed E-state index contributed by atoms with van der Waals surface area (Å²) in [6, 6.07) is 14.2. The molecule has 0 heterocycles. The van der Waals surface area contributed by atoms with Crippen molar-refractivity contribution < 1.29 is 0 Å². The molecule has 3 N–H and O–H groups in total. The van der Waals surface area contributed by atoms with Gasteiger partial charge in [0.25, 0.3) is 0 Å². The first-order valence-corrected chi connectivity index (χ1v) is 6.58. The first-order chi connectivity index (χ1) is 8.58. The molecule has 0 amide bonds. The second kappa shape index (κ2) is 5.27. The fourth-order valence-electron chi connectivity index (χ4n) is 1.71. The van der Waals surface area contributed by atoms with Crippen molar-refractivity contribution in [1.82, 2.24) is 0 Å². The Labute approximate surface area is 112 Å². The van der Waals surface area contributed by atoms with E-state index in [1.165, 1.54) is 16.0 Å². The normalized spacial score (nSPS) is 10.3. The van der Waals surface area contributed by atoms with Crippen LogP contribution in [0.25, 0.3) is 0 Å². The number of nitrogens with two attached hydrogens (primary N) is 1. The Bertz CT molecular complexity index is 591. The molecule has 18 heavy (non-hydrogen) atoms. The van der Waals surface area contributed by atoms with Gasteiger partial charge in [0.15, 0.2) is 0 Å². The van der Waals surface area contributed by atoms with Crippen LogP contribution in [0.15, 0.2) is 52.3 Å². The fraction of sp³-hybridized carbons (Fsp3) is 0.133. The minimum absolute atomic E-state index is 0.114. The highest BCUT2D eigenvalue weighted by atomic mass is 32.2. The van der Waals surface area contributed by atoms with Crippen molar-refractivity contribution in [3.8, 4) is 0 Å². The van der Waals surface area contributed by atoms with Crippen LogP contribution >= 0.6 is 11.8 Å². The highest BCUT2D eigenvalue weighted by Gasteiger charge is 2.07. The lowest BCUT2D eigenvalue weighted by Crippen LogP contribution is -2.11. The SMILES string of the molecule is Cc1ccc(C)c(Sc2ccccc2C(=N)N)c1. The Morgan fingerprint density at radius 2 is 1.78 bits per heavy atom. The molecule has 0 saturated carbocycles. The molecule has 0 saturated heterocycles. The van der Waals surface area contributed by atoms with Crippen LogP contribution in [0.5, 0.6) is 0 Å². The van der Waals surface area contributed by atoms with E-state index in [2.05, 4.69) is 32.0 Å². The molecule has 0 atom stereocenters. The number of nitrogen functional groups attached to an aromatic ring is 1.